The zero-order chi connectivity index (χ0) is 84.8. The Morgan fingerprint density at radius 3 is 1.35 bits per heavy atom. The van der Waals surface area contributed by atoms with E-state index in [9.17, 15) is 61.1 Å². The van der Waals surface area contributed by atoms with E-state index in [1.165, 1.54) is 9.80 Å². The molecule has 2 fully saturated rings. The van der Waals surface area contributed by atoms with E-state index in [1.807, 2.05) is 45.9 Å². The summed E-state index contributed by atoms with van der Waals surface area (Å²) >= 11 is 0. The molecule has 7 rings (SSSR count). The molecule has 13 amide bonds. The van der Waals surface area contributed by atoms with E-state index in [0.717, 1.165) is 10.9 Å². The summed E-state index contributed by atoms with van der Waals surface area (Å²) in [6, 6.07) is 8.67. The number of carbonyl (C=O) groups excluding carboxylic acids is 13. The van der Waals surface area contributed by atoms with Crippen LogP contribution in [-0.2, 0) is 86.4 Å². The highest BCUT2D eigenvalue weighted by Crippen LogP contribution is 2.26. The van der Waals surface area contributed by atoms with Crippen molar-refractivity contribution in [3.63, 3.8) is 0 Å². The lowest BCUT2D eigenvalue weighted by Gasteiger charge is -2.32. The largest absolute Gasteiger partial charge is 0.490 e. The minimum Gasteiger partial charge on any atom is -0.475 e. The smallest absolute Gasteiger partial charge is 0.475 e. The predicted octanol–water partition coefficient (Wildman–Crippen LogP) is -0.211. The number of H-pyrrole nitrogens is 2. The fourth-order valence-electron chi connectivity index (χ4n) is 13.6. The maximum Gasteiger partial charge on any atom is 0.490 e. The standard InChI is InChI=1S/C75H108N20O13.C2HF3O2/c1-42(2)35-55(64(80)98)89-67(101)56(36-43(3)4)90-69(103)59(39-46-41-85-51-23-11-9-20-48(46)51)93-68(102)57(37-44-17-6-5-7-18-44)91-70(104)58(38-45-40-84-50-22-10-8-19-47(45)50)92-66(100)52(27-29-62(78)96)86-65(99)53(28-30-63(79)97)87-71(105)61-26-16-34-95(61)74(108)54(24-12-13-31-76)88-72(106)60-25-15-33-94(60)73(107)49(77)21-14-32-83-75(81)82;3-2(4,5)1(6)7/h5-11,17-20,22-23,40-43,49,52-61,84-85H,12-16,21,24-39,76-77H2,1-4H3,(H2,78,96)(H2,79,97)(H2,80,98)(H,86,99)(H,87,105)(H,88,106)(H,89,101)(H,90,103)(H,91,104)(H,92,100)(H,93,102)(H4,81,82,83);(H,6,7)/t49-,52+,53+,54+,55+,56+,57+,58-,59-,60-,61+;/m1./s1. The molecule has 0 unspecified atom stereocenters. The number of unbranched alkanes of at least 4 members (excludes halogenated alkanes) is 1. The Hall–Kier alpha value is -11.7. The molecule has 0 radical (unpaired) electrons. The topological polar surface area (TPSA) is 588 Å². The number of aliphatic imine (C=N–C) groups is 1. The third-order valence-electron chi connectivity index (χ3n) is 19.5. The number of halogens is 3. The van der Waals surface area contributed by atoms with Gasteiger partial charge in [0, 0.05) is 85.9 Å². The SMILES string of the molecule is CC(C)C[C@H](NC(=O)[C@H](CC(C)C)NC(=O)[C@@H](Cc1c[nH]c2ccccc12)NC(=O)[C@H](Cc1ccccc1)NC(=O)[C@@H](Cc1c[nH]c2ccccc12)NC(=O)[C@H](CCC(N)=O)NC(=O)[C@H](CCC(N)=O)NC(=O)[C@@H]1CCCN1C(=O)[C@H](CCCCN)NC(=O)[C@H]1CCCN1C(=O)[C@H](N)CCCN=C(N)N)C(N)=O.O=C(O)C(F)(F)F. The van der Waals surface area contributed by atoms with Crippen molar-refractivity contribution in [2.24, 2.45) is 57.0 Å². The van der Waals surface area contributed by atoms with E-state index >= 15 is 14.4 Å². The monoisotopic (exact) mass is 1610 g/mol. The summed E-state index contributed by atoms with van der Waals surface area (Å²) in [7, 11) is 0. The number of benzene rings is 3. The molecule has 0 bridgehead atoms. The highest BCUT2D eigenvalue weighted by atomic mass is 19.4. The Morgan fingerprint density at radius 1 is 0.496 bits per heavy atom. The van der Waals surface area contributed by atoms with Crippen LogP contribution in [0.2, 0.25) is 0 Å². The molecule has 5 aromatic rings. The van der Waals surface area contributed by atoms with Gasteiger partial charge in [0.2, 0.25) is 76.8 Å². The number of fused-ring (bicyclic) bond motifs is 2. The average Bonchev–Trinajstić information content (AvgIpc) is 1.71. The first-order chi connectivity index (χ1) is 54.5. The number of amides is 13. The van der Waals surface area contributed by atoms with Crippen LogP contribution in [0.25, 0.3) is 21.8 Å². The van der Waals surface area contributed by atoms with Crippen LogP contribution >= 0.6 is 0 Å². The maximum absolute atomic E-state index is 15.4. The molecule has 0 aliphatic carbocycles. The van der Waals surface area contributed by atoms with Crippen LogP contribution in [0.3, 0.4) is 0 Å². The van der Waals surface area contributed by atoms with E-state index in [0.29, 0.717) is 66.1 Å². The molecule has 38 heteroatoms. The van der Waals surface area contributed by atoms with Crippen LogP contribution in [0, 0.1) is 11.8 Å². The Morgan fingerprint density at radius 2 is 0.896 bits per heavy atom. The maximum atomic E-state index is 15.4. The van der Waals surface area contributed by atoms with Gasteiger partial charge in [0.15, 0.2) is 5.96 Å². The van der Waals surface area contributed by atoms with Gasteiger partial charge < -0.3 is 108 Å². The number of likely N-dealkylation sites (tertiary alicyclic amines) is 2. The van der Waals surface area contributed by atoms with Gasteiger partial charge in [-0.3, -0.25) is 67.3 Å². The van der Waals surface area contributed by atoms with Crippen LogP contribution in [-0.4, -0.2) is 212 Å². The molecule has 2 saturated heterocycles. The molecule has 2 aliphatic rings. The number of primary amides is 3. The first-order valence-electron chi connectivity index (χ1n) is 38.3. The van der Waals surface area contributed by atoms with E-state index in [4.69, 9.17) is 50.0 Å². The summed E-state index contributed by atoms with van der Waals surface area (Å²) in [6.07, 6.45) is -0.958. The third-order valence-corrected chi connectivity index (χ3v) is 19.5. The number of aromatic nitrogens is 2. The van der Waals surface area contributed by atoms with E-state index in [2.05, 4.69) is 57.5 Å². The van der Waals surface area contributed by atoms with Gasteiger partial charge in [-0.25, -0.2) is 4.79 Å². The van der Waals surface area contributed by atoms with Crippen molar-refractivity contribution in [1.82, 2.24) is 62.3 Å². The van der Waals surface area contributed by atoms with Crippen molar-refractivity contribution >= 4 is 111 Å². The molecule has 35 nitrogen and oxygen atoms in total. The summed E-state index contributed by atoms with van der Waals surface area (Å²) in [6.45, 7) is 8.24. The van der Waals surface area contributed by atoms with Gasteiger partial charge in [-0.05, 0) is 131 Å². The minimum atomic E-state index is -5.08. The van der Waals surface area contributed by atoms with Crippen molar-refractivity contribution in [2.75, 3.05) is 26.2 Å². The number of nitrogens with zero attached hydrogens (tertiary/aromatic N) is 3. The molecule has 628 valence electrons. The molecular weight excluding hydrogens is 1500 g/mol. The Kier molecular flexibility index (Phi) is 35.8. The van der Waals surface area contributed by atoms with Crippen molar-refractivity contribution in [1.29, 1.82) is 0 Å². The number of hydrogen-bond donors (Lipinski definition) is 18. The second-order valence-corrected chi connectivity index (χ2v) is 29.5. The fourth-order valence-corrected chi connectivity index (χ4v) is 13.6. The Bertz CT molecular complexity index is 4230. The summed E-state index contributed by atoms with van der Waals surface area (Å²) in [5, 5.41) is 30.6. The number of aliphatic carboxylic acids is 1. The van der Waals surface area contributed by atoms with E-state index < -0.39 is 181 Å². The number of hydrogen-bond acceptors (Lipinski definition) is 17. The number of rotatable bonds is 43. The second-order valence-electron chi connectivity index (χ2n) is 29.5. The van der Waals surface area contributed by atoms with E-state index in [1.54, 1.807) is 73.1 Å². The highest BCUT2D eigenvalue weighted by molar-refractivity contribution is 6.00. The zero-order valence-corrected chi connectivity index (χ0v) is 64.9. The second kappa shape index (κ2) is 44.7. The molecule has 2 aliphatic heterocycles. The molecule has 11 atom stereocenters. The van der Waals surface area contributed by atoms with Gasteiger partial charge >= 0.3 is 12.1 Å². The van der Waals surface area contributed by atoms with Crippen molar-refractivity contribution in [3.05, 3.63) is 108 Å². The molecule has 0 spiro atoms. The first kappa shape index (κ1) is 92.2. The summed E-state index contributed by atoms with van der Waals surface area (Å²) < 4.78 is 31.7. The molecule has 4 heterocycles. The number of guanidine groups is 1. The number of aromatic amines is 2. The zero-order valence-electron chi connectivity index (χ0n) is 64.9. The number of carboxylic acids is 1. The van der Waals surface area contributed by atoms with Gasteiger partial charge in [-0.15, -0.1) is 0 Å². The van der Waals surface area contributed by atoms with Crippen LogP contribution < -0.4 is 82.7 Å². The summed E-state index contributed by atoms with van der Waals surface area (Å²) in [4.78, 5) is 206. The van der Waals surface area contributed by atoms with Gasteiger partial charge in [-0.2, -0.15) is 13.2 Å². The van der Waals surface area contributed by atoms with Crippen LogP contribution in [0.1, 0.15) is 141 Å². The normalized spacial score (nSPS) is 16.4. The Labute approximate surface area is 662 Å². The summed E-state index contributed by atoms with van der Waals surface area (Å²) in [5.41, 5.74) is 43.1. The van der Waals surface area contributed by atoms with Crippen LogP contribution in [0.5, 0.6) is 0 Å². The summed E-state index contributed by atoms with van der Waals surface area (Å²) in [5.74, 6) is -13.4. The van der Waals surface area contributed by atoms with Crippen molar-refractivity contribution in [3.8, 4) is 0 Å². The van der Waals surface area contributed by atoms with Crippen molar-refractivity contribution in [2.45, 2.75) is 216 Å². The molecule has 0 saturated carbocycles. The van der Waals surface area contributed by atoms with E-state index in [-0.39, 0.29) is 95.3 Å². The van der Waals surface area contributed by atoms with Gasteiger partial charge in [0.05, 0.1) is 6.04 Å². The molecular formula is C77H109F3N20O15. The van der Waals surface area contributed by atoms with Crippen LogP contribution in [0.15, 0.2) is 96.2 Å². The highest BCUT2D eigenvalue weighted by Gasteiger charge is 2.43. The molecule has 25 N–H and O–H groups in total. The number of carbonyl (C=O) groups is 14. The quantitative estimate of drug-likeness (QED) is 0.0136. The third kappa shape index (κ3) is 29.0. The number of alkyl halides is 3. The number of nitrogens with two attached hydrogens (primary N) is 7. The van der Waals surface area contributed by atoms with Gasteiger partial charge in [0.1, 0.15) is 60.4 Å². The predicted molar refractivity (Wildman–Crippen MR) is 419 cm³/mol. The fraction of sp³-hybridized carbons (Fsp3) is 0.519. The van der Waals surface area contributed by atoms with Crippen LogP contribution in [0.4, 0.5) is 13.2 Å². The lowest BCUT2D eigenvalue weighted by Crippen LogP contribution is -2.61. The lowest BCUT2D eigenvalue weighted by atomic mass is 9.98. The first-order valence-corrected chi connectivity index (χ1v) is 38.3. The molecule has 3 aromatic carbocycles. The Balaban J connectivity index is 0.00000280. The number of carboxylic acid groups (broad SMARTS) is 1. The number of para-hydroxylation sites is 2. The van der Waals surface area contributed by atoms with Gasteiger partial charge in [0.25, 0.3) is 0 Å². The molecule has 2 aromatic heterocycles. The molecule has 115 heavy (non-hydrogen) atoms. The lowest BCUT2D eigenvalue weighted by molar-refractivity contribution is -0.192. The van der Waals surface area contributed by atoms with Crippen molar-refractivity contribution < 1.29 is 85.4 Å². The number of nitrogens with one attached hydrogen (secondary N) is 10. The average molecular weight is 1610 g/mol. The van der Waals surface area contributed by atoms with Gasteiger partial charge in [-0.1, -0.05) is 94.4 Å². The minimum absolute atomic E-state index is 0.0342.